The Bertz CT molecular complexity index is 1760. The molecule has 0 saturated carbocycles. The van der Waals surface area contributed by atoms with E-state index in [4.69, 9.17) is 14.0 Å². The molecular weight excluding hydrogens is 694 g/mol. The number of carbonyl (C=O) groups excluding carboxylic acids is 2. The van der Waals surface area contributed by atoms with E-state index in [9.17, 15) is 14.0 Å². The summed E-state index contributed by atoms with van der Waals surface area (Å²) in [6, 6.07) is 9.74. The summed E-state index contributed by atoms with van der Waals surface area (Å²) >= 11 is 1.24. The predicted octanol–water partition coefficient (Wildman–Crippen LogP) is 6.54. The molecule has 2 aromatic rings. The lowest BCUT2D eigenvalue weighted by molar-refractivity contribution is -0.123. The number of rotatable bonds is 12. The number of benzene rings is 2. The molecule has 0 bridgehead atoms. The normalized spacial score (nSPS) is 18.3. The van der Waals surface area contributed by atoms with E-state index in [2.05, 4.69) is 26.5 Å². The molecule has 53 heavy (non-hydrogen) atoms. The SMILES string of the molecule is CCOc1cc(N2CCCCC2)c(SONN2CCCCC2)cc1C(=NCC1=C=CC=C(C)C=C1)N(Cc1ccc(F)cc1)C(=O)N1CCNC(=O)C1. The highest BCUT2D eigenvalue weighted by atomic mass is 32.2. The van der Waals surface area contributed by atoms with E-state index in [1.165, 1.54) is 41.9 Å². The van der Waals surface area contributed by atoms with E-state index in [1.807, 2.05) is 50.3 Å². The lowest BCUT2D eigenvalue weighted by atomic mass is 10.1. The third-order valence-corrected chi connectivity index (χ3v) is 10.2. The van der Waals surface area contributed by atoms with Gasteiger partial charge in [0, 0.05) is 50.9 Å². The molecule has 3 heterocycles. The molecule has 3 fully saturated rings. The van der Waals surface area contributed by atoms with Gasteiger partial charge in [0.05, 0.1) is 47.9 Å². The minimum atomic E-state index is -0.388. The summed E-state index contributed by atoms with van der Waals surface area (Å²) in [5.74, 6) is 0.334. The van der Waals surface area contributed by atoms with Gasteiger partial charge in [-0.15, -0.1) is 11.3 Å². The van der Waals surface area contributed by atoms with Gasteiger partial charge >= 0.3 is 6.03 Å². The Balaban J connectivity index is 1.47. The van der Waals surface area contributed by atoms with Gasteiger partial charge in [-0.25, -0.2) is 18.5 Å². The van der Waals surface area contributed by atoms with Crippen molar-refractivity contribution in [3.63, 3.8) is 0 Å². The van der Waals surface area contributed by atoms with Gasteiger partial charge in [-0.3, -0.25) is 14.7 Å². The topological polar surface area (TPSA) is 102 Å². The van der Waals surface area contributed by atoms with Crippen LogP contribution in [0.4, 0.5) is 14.9 Å². The average Bonchev–Trinajstić information content (AvgIpc) is 3.39. The van der Waals surface area contributed by atoms with E-state index in [1.54, 1.807) is 17.0 Å². The number of ether oxygens (including phenoxy) is 1. The van der Waals surface area contributed by atoms with Gasteiger partial charge in [0.2, 0.25) is 5.91 Å². The molecule has 0 spiro atoms. The van der Waals surface area contributed by atoms with Crippen molar-refractivity contribution in [1.82, 2.24) is 25.7 Å². The summed E-state index contributed by atoms with van der Waals surface area (Å²) in [5.41, 5.74) is 10.7. The first kappa shape index (κ1) is 38.3. The highest BCUT2D eigenvalue weighted by Crippen LogP contribution is 2.39. The molecule has 3 amide bonds. The second-order valence-electron chi connectivity index (χ2n) is 13.6. The average molecular weight is 744 g/mol. The van der Waals surface area contributed by atoms with E-state index < -0.39 is 0 Å². The van der Waals surface area contributed by atoms with Gasteiger partial charge in [0.15, 0.2) is 0 Å². The van der Waals surface area contributed by atoms with Gasteiger partial charge in [-0.1, -0.05) is 36.3 Å². The molecule has 0 aromatic heterocycles. The number of hydrogen-bond acceptors (Lipinski definition) is 9. The summed E-state index contributed by atoms with van der Waals surface area (Å²) in [6.45, 7) is 8.86. The first-order chi connectivity index (χ1) is 25.9. The number of nitrogens with one attached hydrogen (secondary N) is 2. The van der Waals surface area contributed by atoms with Crippen molar-refractivity contribution in [1.29, 1.82) is 0 Å². The molecule has 13 heteroatoms. The Kier molecular flexibility index (Phi) is 13.8. The number of anilines is 1. The van der Waals surface area contributed by atoms with Crippen LogP contribution in [0, 0.1) is 5.82 Å². The molecular formula is C40H50FN7O4S. The fraction of sp³-hybridized carbons (Fsp3) is 0.450. The zero-order valence-electron chi connectivity index (χ0n) is 30.7. The molecule has 2 N–H and O–H groups in total. The van der Waals surface area contributed by atoms with E-state index in [-0.39, 0.29) is 37.4 Å². The minimum Gasteiger partial charge on any atom is -0.493 e. The van der Waals surface area contributed by atoms with Crippen molar-refractivity contribution in [2.75, 3.05) is 63.9 Å². The second-order valence-corrected chi connectivity index (χ2v) is 14.4. The molecule has 3 aliphatic heterocycles. The van der Waals surface area contributed by atoms with E-state index in [0.717, 1.165) is 73.6 Å². The molecule has 3 saturated heterocycles. The van der Waals surface area contributed by atoms with Crippen molar-refractivity contribution in [2.45, 2.75) is 63.8 Å². The van der Waals surface area contributed by atoms with Gasteiger partial charge in [-0.2, -0.15) is 0 Å². The van der Waals surface area contributed by atoms with Crippen LogP contribution >= 0.6 is 12.0 Å². The maximum absolute atomic E-state index is 14.7. The lowest BCUT2D eigenvalue weighted by Gasteiger charge is -2.35. The van der Waals surface area contributed by atoms with Crippen LogP contribution in [0.15, 0.2) is 87.5 Å². The van der Waals surface area contributed by atoms with Crippen LogP contribution in [-0.2, 0) is 15.6 Å². The Morgan fingerprint density at radius 3 is 2.53 bits per heavy atom. The number of nitrogens with zero attached hydrogens (tertiary/aromatic N) is 5. The molecule has 0 unspecified atom stereocenters. The number of piperidine rings is 2. The summed E-state index contributed by atoms with van der Waals surface area (Å²) in [6.07, 6.45) is 14.6. The summed E-state index contributed by atoms with van der Waals surface area (Å²) in [7, 11) is 0. The number of urea groups is 1. The Morgan fingerprint density at radius 1 is 1.04 bits per heavy atom. The third-order valence-electron chi connectivity index (χ3n) is 9.56. The number of amides is 3. The molecule has 282 valence electrons. The zero-order valence-corrected chi connectivity index (χ0v) is 31.6. The Labute approximate surface area is 316 Å². The predicted molar refractivity (Wildman–Crippen MR) is 207 cm³/mol. The number of piperazine rings is 1. The molecule has 0 radical (unpaired) electrons. The summed E-state index contributed by atoms with van der Waals surface area (Å²) in [4.78, 5) is 38.7. The maximum Gasteiger partial charge on any atom is 0.326 e. The molecule has 0 atom stereocenters. The Morgan fingerprint density at radius 2 is 1.79 bits per heavy atom. The first-order valence-electron chi connectivity index (χ1n) is 18.7. The van der Waals surface area contributed by atoms with Crippen LogP contribution < -0.4 is 20.5 Å². The van der Waals surface area contributed by atoms with Crippen molar-refractivity contribution >= 4 is 35.5 Å². The van der Waals surface area contributed by atoms with Gasteiger partial charge in [-0.05, 0) is 81.9 Å². The van der Waals surface area contributed by atoms with Crippen LogP contribution in [0.1, 0.15) is 63.5 Å². The third kappa shape index (κ3) is 10.6. The van der Waals surface area contributed by atoms with Crippen LogP contribution in [0.2, 0.25) is 0 Å². The van der Waals surface area contributed by atoms with Crippen molar-refractivity contribution in [3.05, 3.63) is 94.5 Å². The standard InChI is InChI=1S/C40H50FN7O4S/c1-3-51-36-26-35(45-20-6-4-7-21-45)37(53-52-44-47-22-8-5-9-23-47)25-34(36)39(43-27-31-12-10-11-30(2)13-14-31)48(28-32-15-17-33(41)18-16-32)40(50)46-24-19-42-38(49)29-46/h10-11,13-18,25-26,44H,3-9,19-24,27-29H2,1-2H3,(H,42,49). The number of aliphatic imine (C=N–C) groups is 1. The summed E-state index contributed by atoms with van der Waals surface area (Å²) in [5, 5.41) is 4.91. The number of allylic oxidation sites excluding steroid dienone is 3. The first-order valence-corrected chi connectivity index (χ1v) is 19.4. The molecule has 11 nitrogen and oxygen atoms in total. The number of hydrogen-bond donors (Lipinski definition) is 2. The number of carbonyl (C=O) groups is 2. The van der Waals surface area contributed by atoms with E-state index in [0.29, 0.717) is 42.4 Å². The number of amidine groups is 1. The minimum absolute atomic E-state index is 0.0798. The number of halogens is 1. The van der Waals surface area contributed by atoms with Crippen LogP contribution in [0.3, 0.4) is 0 Å². The second kappa shape index (κ2) is 19.1. The van der Waals surface area contributed by atoms with Gasteiger partial charge in [0.1, 0.15) is 23.9 Å². The van der Waals surface area contributed by atoms with Crippen LogP contribution in [0.25, 0.3) is 0 Å². The smallest absolute Gasteiger partial charge is 0.326 e. The van der Waals surface area contributed by atoms with Crippen molar-refractivity contribution < 1.29 is 23.0 Å². The Hall–Kier alpha value is -4.39. The van der Waals surface area contributed by atoms with E-state index >= 15 is 0 Å². The molecule has 6 rings (SSSR count). The highest BCUT2D eigenvalue weighted by Gasteiger charge is 2.32. The van der Waals surface area contributed by atoms with Crippen molar-refractivity contribution in [3.8, 4) is 5.75 Å². The summed E-state index contributed by atoms with van der Waals surface area (Å²) < 4.78 is 26.6. The van der Waals surface area contributed by atoms with Crippen LogP contribution in [-0.4, -0.2) is 91.5 Å². The molecule has 1 aliphatic carbocycles. The fourth-order valence-electron chi connectivity index (χ4n) is 6.72. The monoisotopic (exact) mass is 743 g/mol. The largest absolute Gasteiger partial charge is 0.493 e. The zero-order chi connectivity index (χ0) is 37.0. The lowest BCUT2D eigenvalue weighted by Crippen LogP contribution is -2.55. The quantitative estimate of drug-likeness (QED) is 0.0832. The molecule has 4 aliphatic rings. The van der Waals surface area contributed by atoms with Crippen LogP contribution in [0.5, 0.6) is 5.75 Å². The molecule has 2 aromatic carbocycles. The highest BCUT2D eigenvalue weighted by molar-refractivity contribution is 7.94. The number of hydrazine groups is 1. The fourth-order valence-corrected chi connectivity index (χ4v) is 7.39. The van der Waals surface area contributed by atoms with Crippen molar-refractivity contribution in [2.24, 2.45) is 4.99 Å². The van der Waals surface area contributed by atoms with Gasteiger partial charge in [0.25, 0.3) is 0 Å². The maximum atomic E-state index is 14.7. The van der Waals surface area contributed by atoms with Gasteiger partial charge < -0.3 is 19.9 Å².